The quantitative estimate of drug-likeness (QED) is 0.589. The molecule has 1 fully saturated rings. The van der Waals surface area contributed by atoms with Crippen LogP contribution in [-0.2, 0) is 12.7 Å². The molecule has 3 aromatic rings. The van der Waals surface area contributed by atoms with E-state index in [0.717, 1.165) is 29.7 Å². The molecule has 2 aromatic carbocycles. The summed E-state index contributed by atoms with van der Waals surface area (Å²) in [5.41, 5.74) is 0.478. The van der Waals surface area contributed by atoms with Crippen molar-refractivity contribution in [3.8, 4) is 0 Å². The van der Waals surface area contributed by atoms with Crippen LogP contribution in [0.4, 0.5) is 13.2 Å². The van der Waals surface area contributed by atoms with Gasteiger partial charge in [0.2, 0.25) is 0 Å². The standard InChI is InChI=1S/C24H24F3N3O/c1-29(16-17-5-4-7-19(15-17)24(25,26)27)20-10-13-30(14-11-20)23(31)22-21-8-3-2-6-18(21)9-12-28-22/h2-9,12,15,20H,10-11,13-14,16H2,1H3. The number of carbonyl (C=O) groups excluding carboxylic acids is 1. The third-order valence-electron chi connectivity index (χ3n) is 5.94. The van der Waals surface area contributed by atoms with Crippen LogP contribution < -0.4 is 0 Å². The Kier molecular flexibility index (Phi) is 5.96. The van der Waals surface area contributed by atoms with Gasteiger partial charge in [-0.25, -0.2) is 0 Å². The number of hydrogen-bond acceptors (Lipinski definition) is 3. The van der Waals surface area contributed by atoms with Crippen molar-refractivity contribution in [1.29, 1.82) is 0 Å². The number of benzene rings is 2. The van der Waals surface area contributed by atoms with Crippen LogP contribution in [0.1, 0.15) is 34.5 Å². The van der Waals surface area contributed by atoms with Crippen LogP contribution in [0.3, 0.4) is 0 Å². The van der Waals surface area contributed by atoms with Gasteiger partial charge in [0, 0.05) is 37.3 Å². The highest BCUT2D eigenvalue weighted by Crippen LogP contribution is 2.30. The molecule has 31 heavy (non-hydrogen) atoms. The minimum atomic E-state index is -4.34. The van der Waals surface area contributed by atoms with E-state index in [0.29, 0.717) is 30.9 Å². The Bertz CT molecular complexity index is 1070. The van der Waals surface area contributed by atoms with E-state index in [-0.39, 0.29) is 11.9 Å². The van der Waals surface area contributed by atoms with Gasteiger partial charge in [-0.2, -0.15) is 13.2 Å². The maximum absolute atomic E-state index is 13.1. The molecule has 0 N–H and O–H groups in total. The lowest BCUT2D eigenvalue weighted by atomic mass is 10.0. The number of amides is 1. The predicted octanol–water partition coefficient (Wildman–Crippen LogP) is 4.99. The van der Waals surface area contributed by atoms with Crippen LogP contribution in [-0.4, -0.2) is 46.9 Å². The van der Waals surface area contributed by atoms with Crippen molar-refractivity contribution in [1.82, 2.24) is 14.8 Å². The largest absolute Gasteiger partial charge is 0.416 e. The molecule has 1 amide bonds. The summed E-state index contributed by atoms with van der Waals surface area (Å²) in [5, 5.41) is 1.83. The average molecular weight is 427 g/mol. The Hall–Kier alpha value is -2.93. The van der Waals surface area contributed by atoms with Crippen molar-refractivity contribution in [2.24, 2.45) is 0 Å². The zero-order chi connectivity index (χ0) is 22.0. The Labute approximate surface area is 179 Å². The summed E-state index contributed by atoms with van der Waals surface area (Å²) < 4.78 is 38.9. The molecule has 1 aliphatic rings. The summed E-state index contributed by atoms with van der Waals surface area (Å²) in [4.78, 5) is 21.3. The lowest BCUT2D eigenvalue weighted by molar-refractivity contribution is -0.137. The van der Waals surface area contributed by atoms with E-state index < -0.39 is 11.7 Å². The van der Waals surface area contributed by atoms with Crippen molar-refractivity contribution >= 4 is 16.7 Å². The van der Waals surface area contributed by atoms with Gasteiger partial charge in [-0.15, -0.1) is 0 Å². The Balaban J connectivity index is 1.39. The van der Waals surface area contributed by atoms with Crippen molar-refractivity contribution in [2.45, 2.75) is 31.6 Å². The third kappa shape index (κ3) is 4.71. The van der Waals surface area contributed by atoms with Gasteiger partial charge in [-0.05, 0) is 43.0 Å². The fraction of sp³-hybridized carbons (Fsp3) is 0.333. The summed E-state index contributed by atoms with van der Waals surface area (Å²) >= 11 is 0. The van der Waals surface area contributed by atoms with E-state index in [1.807, 2.05) is 42.3 Å². The zero-order valence-corrected chi connectivity index (χ0v) is 17.3. The molecule has 162 valence electrons. The number of halogens is 3. The second kappa shape index (κ2) is 8.67. The summed E-state index contributed by atoms with van der Waals surface area (Å²) in [6, 6.07) is 15.3. The van der Waals surface area contributed by atoms with Crippen LogP contribution in [0, 0.1) is 0 Å². The third-order valence-corrected chi connectivity index (χ3v) is 5.94. The number of fused-ring (bicyclic) bond motifs is 1. The minimum Gasteiger partial charge on any atom is -0.337 e. The maximum Gasteiger partial charge on any atom is 0.416 e. The highest BCUT2D eigenvalue weighted by atomic mass is 19.4. The Morgan fingerprint density at radius 1 is 1.10 bits per heavy atom. The second-order valence-electron chi connectivity index (χ2n) is 8.02. The molecule has 1 saturated heterocycles. The summed E-state index contributed by atoms with van der Waals surface area (Å²) in [7, 11) is 1.93. The number of hydrogen-bond donors (Lipinski definition) is 0. The fourth-order valence-corrected chi connectivity index (χ4v) is 4.21. The van der Waals surface area contributed by atoms with Crippen molar-refractivity contribution in [3.05, 3.63) is 77.6 Å². The van der Waals surface area contributed by atoms with E-state index in [9.17, 15) is 18.0 Å². The summed E-state index contributed by atoms with van der Waals surface area (Å²) in [6.07, 6.45) is -1.14. The molecule has 2 heterocycles. The molecule has 4 nitrogen and oxygen atoms in total. The number of nitrogens with zero attached hydrogens (tertiary/aromatic N) is 3. The molecule has 1 aliphatic heterocycles. The van der Waals surface area contributed by atoms with E-state index in [1.165, 1.54) is 12.1 Å². The molecule has 0 saturated carbocycles. The molecular weight excluding hydrogens is 403 g/mol. The van der Waals surface area contributed by atoms with Crippen LogP contribution in [0.5, 0.6) is 0 Å². The van der Waals surface area contributed by atoms with Gasteiger partial charge in [-0.1, -0.05) is 42.5 Å². The highest BCUT2D eigenvalue weighted by molar-refractivity contribution is 6.05. The van der Waals surface area contributed by atoms with Crippen LogP contribution in [0.15, 0.2) is 60.8 Å². The smallest absolute Gasteiger partial charge is 0.337 e. The summed E-state index contributed by atoms with van der Waals surface area (Å²) in [6.45, 7) is 1.63. The Morgan fingerprint density at radius 2 is 1.84 bits per heavy atom. The van der Waals surface area contributed by atoms with Crippen LogP contribution in [0.25, 0.3) is 10.8 Å². The van der Waals surface area contributed by atoms with E-state index in [1.54, 1.807) is 12.3 Å². The minimum absolute atomic E-state index is 0.0734. The van der Waals surface area contributed by atoms with Gasteiger partial charge >= 0.3 is 6.18 Å². The van der Waals surface area contributed by atoms with Crippen molar-refractivity contribution in [3.63, 3.8) is 0 Å². The van der Waals surface area contributed by atoms with Gasteiger partial charge in [-0.3, -0.25) is 14.7 Å². The van der Waals surface area contributed by atoms with Gasteiger partial charge < -0.3 is 4.90 Å². The second-order valence-corrected chi connectivity index (χ2v) is 8.02. The zero-order valence-electron chi connectivity index (χ0n) is 17.3. The van der Waals surface area contributed by atoms with E-state index >= 15 is 0 Å². The van der Waals surface area contributed by atoms with E-state index in [4.69, 9.17) is 0 Å². The highest BCUT2D eigenvalue weighted by Gasteiger charge is 2.31. The first-order chi connectivity index (χ1) is 14.8. The molecule has 7 heteroatoms. The van der Waals surface area contributed by atoms with Crippen LogP contribution in [0.2, 0.25) is 0 Å². The maximum atomic E-state index is 13.1. The topological polar surface area (TPSA) is 36.4 Å². The number of alkyl halides is 3. The molecule has 0 atom stereocenters. The van der Waals surface area contributed by atoms with Gasteiger partial charge in [0.1, 0.15) is 5.69 Å². The number of likely N-dealkylation sites (tertiary alicyclic amines) is 1. The lowest BCUT2D eigenvalue weighted by Gasteiger charge is -2.36. The van der Waals surface area contributed by atoms with Gasteiger partial charge in [0.25, 0.3) is 5.91 Å². The van der Waals surface area contributed by atoms with Crippen molar-refractivity contribution < 1.29 is 18.0 Å². The van der Waals surface area contributed by atoms with Crippen molar-refractivity contribution in [2.75, 3.05) is 20.1 Å². The number of rotatable bonds is 4. The molecule has 1 aromatic heterocycles. The van der Waals surface area contributed by atoms with Crippen LogP contribution >= 0.6 is 0 Å². The average Bonchev–Trinajstić information content (AvgIpc) is 2.78. The number of aromatic nitrogens is 1. The van der Waals surface area contributed by atoms with Gasteiger partial charge in [0.05, 0.1) is 5.56 Å². The predicted molar refractivity (Wildman–Crippen MR) is 114 cm³/mol. The molecule has 0 aliphatic carbocycles. The first kappa shape index (κ1) is 21.3. The van der Waals surface area contributed by atoms with E-state index in [2.05, 4.69) is 9.88 Å². The molecule has 4 rings (SSSR count). The molecule has 0 spiro atoms. The number of piperidine rings is 1. The molecule has 0 bridgehead atoms. The fourth-order valence-electron chi connectivity index (χ4n) is 4.21. The monoisotopic (exact) mass is 427 g/mol. The molecule has 0 unspecified atom stereocenters. The summed E-state index contributed by atoms with van der Waals surface area (Å²) in [5.74, 6) is -0.0734. The first-order valence-corrected chi connectivity index (χ1v) is 10.3. The molecular formula is C24H24F3N3O. The SMILES string of the molecule is CN(Cc1cccc(C(F)(F)F)c1)C1CCN(C(=O)c2nccc3ccccc23)CC1. The normalized spacial score (nSPS) is 15.6. The first-order valence-electron chi connectivity index (χ1n) is 10.3. The van der Waals surface area contributed by atoms with Gasteiger partial charge in [0.15, 0.2) is 0 Å². The molecule has 0 radical (unpaired) electrons. The number of pyridine rings is 1. The lowest BCUT2D eigenvalue weighted by Crippen LogP contribution is -2.45. The number of carbonyl (C=O) groups is 1. The Morgan fingerprint density at radius 3 is 2.58 bits per heavy atom.